The third-order valence-electron chi connectivity index (χ3n) is 2.37. The first-order chi connectivity index (χ1) is 7.36. The van der Waals surface area contributed by atoms with E-state index < -0.39 is 0 Å². The van der Waals surface area contributed by atoms with Gasteiger partial charge >= 0.3 is 0 Å². The number of nitrogens with one attached hydrogen (secondary N) is 1. The average Bonchev–Trinajstić information content (AvgIpc) is 2.29. The van der Waals surface area contributed by atoms with Crippen LogP contribution in [0.15, 0.2) is 18.3 Å². The van der Waals surface area contributed by atoms with E-state index in [1.807, 2.05) is 19.1 Å². The fourth-order valence-corrected chi connectivity index (χ4v) is 1.52. The largest absolute Gasteiger partial charge is 0.475 e. The Labute approximate surface area is 89.6 Å². The van der Waals surface area contributed by atoms with Crippen LogP contribution < -0.4 is 10.1 Å². The molecule has 2 rings (SSSR count). The van der Waals surface area contributed by atoms with Crippen LogP contribution in [0.2, 0.25) is 0 Å². The van der Waals surface area contributed by atoms with Crippen molar-refractivity contribution in [2.75, 3.05) is 26.3 Å². The molecule has 0 aromatic carbocycles. The van der Waals surface area contributed by atoms with E-state index in [-0.39, 0.29) is 6.10 Å². The molecule has 0 spiro atoms. The molecule has 1 aliphatic rings. The Morgan fingerprint density at radius 2 is 2.60 bits per heavy atom. The van der Waals surface area contributed by atoms with Gasteiger partial charge in [0.15, 0.2) is 0 Å². The molecule has 82 valence electrons. The second kappa shape index (κ2) is 5.09. The quantitative estimate of drug-likeness (QED) is 0.796. The Bertz CT molecular complexity index is 311. The lowest BCUT2D eigenvalue weighted by Gasteiger charge is -2.23. The van der Waals surface area contributed by atoms with Crippen molar-refractivity contribution in [3.8, 4) is 5.88 Å². The molecule has 0 aliphatic carbocycles. The maximum Gasteiger partial charge on any atom is 0.216 e. The molecule has 1 aromatic heterocycles. The number of hydrogen-bond acceptors (Lipinski definition) is 4. The van der Waals surface area contributed by atoms with Crippen LogP contribution in [0.4, 0.5) is 0 Å². The molecule has 1 N–H and O–H groups in total. The number of ether oxygens (including phenoxy) is 2. The Hall–Kier alpha value is -1.13. The molecule has 0 radical (unpaired) electrons. The van der Waals surface area contributed by atoms with Gasteiger partial charge in [-0.1, -0.05) is 6.07 Å². The summed E-state index contributed by atoms with van der Waals surface area (Å²) in [6, 6.07) is 3.89. The van der Waals surface area contributed by atoms with Gasteiger partial charge in [-0.2, -0.15) is 0 Å². The molecule has 1 fully saturated rings. The first-order valence-electron chi connectivity index (χ1n) is 5.23. The van der Waals surface area contributed by atoms with Crippen molar-refractivity contribution < 1.29 is 9.47 Å². The van der Waals surface area contributed by atoms with Crippen molar-refractivity contribution in [1.82, 2.24) is 10.3 Å². The molecule has 0 bridgehead atoms. The number of aromatic nitrogens is 1. The summed E-state index contributed by atoms with van der Waals surface area (Å²) < 4.78 is 11.1. The topological polar surface area (TPSA) is 43.4 Å². The van der Waals surface area contributed by atoms with E-state index in [2.05, 4.69) is 10.3 Å². The third-order valence-corrected chi connectivity index (χ3v) is 2.37. The summed E-state index contributed by atoms with van der Waals surface area (Å²) in [7, 11) is 0. The highest BCUT2D eigenvalue weighted by molar-refractivity contribution is 5.23. The van der Waals surface area contributed by atoms with Gasteiger partial charge in [0.25, 0.3) is 0 Å². The van der Waals surface area contributed by atoms with E-state index in [9.17, 15) is 0 Å². The second-order valence-corrected chi connectivity index (χ2v) is 3.63. The fraction of sp³-hybridized carbons (Fsp3) is 0.545. The molecule has 1 saturated heterocycles. The summed E-state index contributed by atoms with van der Waals surface area (Å²) in [4.78, 5) is 4.16. The average molecular weight is 208 g/mol. The molecule has 0 saturated carbocycles. The van der Waals surface area contributed by atoms with E-state index in [0.29, 0.717) is 12.5 Å². The van der Waals surface area contributed by atoms with Gasteiger partial charge in [-0.25, -0.2) is 4.98 Å². The molecule has 1 unspecified atom stereocenters. The van der Waals surface area contributed by atoms with E-state index in [1.165, 1.54) is 0 Å². The molecule has 4 heteroatoms. The lowest BCUT2D eigenvalue weighted by Crippen LogP contribution is -2.41. The summed E-state index contributed by atoms with van der Waals surface area (Å²) in [5.41, 5.74) is 1.06. The van der Waals surface area contributed by atoms with Crippen LogP contribution in [0.3, 0.4) is 0 Å². The molecular weight excluding hydrogens is 192 g/mol. The lowest BCUT2D eigenvalue weighted by molar-refractivity contribution is -0.000883. The minimum atomic E-state index is 0.139. The number of pyridine rings is 1. The van der Waals surface area contributed by atoms with Gasteiger partial charge in [0.2, 0.25) is 5.88 Å². The Morgan fingerprint density at radius 3 is 3.33 bits per heavy atom. The predicted molar refractivity (Wildman–Crippen MR) is 57.1 cm³/mol. The zero-order valence-electron chi connectivity index (χ0n) is 8.90. The minimum Gasteiger partial charge on any atom is -0.475 e. The molecule has 4 nitrogen and oxygen atoms in total. The van der Waals surface area contributed by atoms with Crippen LogP contribution in [0.5, 0.6) is 5.88 Å². The number of aryl methyl sites for hydroxylation is 1. The van der Waals surface area contributed by atoms with Crippen molar-refractivity contribution in [3.63, 3.8) is 0 Å². The zero-order valence-corrected chi connectivity index (χ0v) is 8.90. The normalized spacial score (nSPS) is 21.3. The highest BCUT2D eigenvalue weighted by atomic mass is 16.5. The number of rotatable bonds is 3. The van der Waals surface area contributed by atoms with E-state index in [1.54, 1.807) is 6.20 Å². The summed E-state index contributed by atoms with van der Waals surface area (Å²) in [5, 5.41) is 3.26. The van der Waals surface area contributed by atoms with Gasteiger partial charge < -0.3 is 14.8 Å². The fourth-order valence-electron chi connectivity index (χ4n) is 1.52. The van der Waals surface area contributed by atoms with Gasteiger partial charge in [0.05, 0.1) is 6.61 Å². The van der Waals surface area contributed by atoms with Gasteiger partial charge in [0, 0.05) is 24.8 Å². The Kier molecular flexibility index (Phi) is 3.53. The summed E-state index contributed by atoms with van der Waals surface area (Å²) >= 11 is 0. The standard InChI is InChI=1S/C11H16N2O2/c1-9-3-2-4-13-11(9)15-8-10-7-12-5-6-14-10/h2-4,10,12H,5-8H2,1H3. The monoisotopic (exact) mass is 208 g/mol. The Balaban J connectivity index is 1.84. The SMILES string of the molecule is Cc1cccnc1OCC1CNCCO1. The smallest absolute Gasteiger partial charge is 0.216 e. The van der Waals surface area contributed by atoms with E-state index in [0.717, 1.165) is 25.3 Å². The number of morpholine rings is 1. The zero-order chi connectivity index (χ0) is 10.5. The maximum atomic E-state index is 5.60. The first-order valence-corrected chi connectivity index (χ1v) is 5.23. The van der Waals surface area contributed by atoms with Gasteiger partial charge in [0.1, 0.15) is 12.7 Å². The molecule has 0 amide bonds. The molecule has 1 atom stereocenters. The van der Waals surface area contributed by atoms with E-state index in [4.69, 9.17) is 9.47 Å². The van der Waals surface area contributed by atoms with Crippen molar-refractivity contribution in [2.45, 2.75) is 13.0 Å². The highest BCUT2D eigenvalue weighted by Gasteiger charge is 2.14. The van der Waals surface area contributed by atoms with Crippen LogP contribution in [0.25, 0.3) is 0 Å². The van der Waals surface area contributed by atoms with Crippen LogP contribution in [-0.4, -0.2) is 37.4 Å². The van der Waals surface area contributed by atoms with Crippen LogP contribution in [-0.2, 0) is 4.74 Å². The van der Waals surface area contributed by atoms with Gasteiger partial charge in [-0.05, 0) is 13.0 Å². The molecule has 2 heterocycles. The van der Waals surface area contributed by atoms with Crippen molar-refractivity contribution in [3.05, 3.63) is 23.9 Å². The van der Waals surface area contributed by atoms with Gasteiger partial charge in [-0.15, -0.1) is 0 Å². The van der Waals surface area contributed by atoms with Gasteiger partial charge in [-0.3, -0.25) is 0 Å². The summed E-state index contributed by atoms with van der Waals surface area (Å²) in [6.07, 6.45) is 1.88. The number of hydrogen-bond donors (Lipinski definition) is 1. The summed E-state index contributed by atoms with van der Waals surface area (Å²) in [6.45, 7) is 5.09. The second-order valence-electron chi connectivity index (χ2n) is 3.63. The highest BCUT2D eigenvalue weighted by Crippen LogP contribution is 2.12. The lowest BCUT2D eigenvalue weighted by atomic mass is 10.3. The van der Waals surface area contributed by atoms with Crippen molar-refractivity contribution >= 4 is 0 Å². The predicted octanol–water partition coefficient (Wildman–Crippen LogP) is 0.757. The van der Waals surface area contributed by atoms with E-state index >= 15 is 0 Å². The molecule has 1 aliphatic heterocycles. The number of nitrogens with zero attached hydrogens (tertiary/aromatic N) is 1. The van der Waals surface area contributed by atoms with Crippen LogP contribution in [0.1, 0.15) is 5.56 Å². The molecule has 1 aromatic rings. The first kappa shape index (κ1) is 10.4. The van der Waals surface area contributed by atoms with Crippen molar-refractivity contribution in [1.29, 1.82) is 0 Å². The third kappa shape index (κ3) is 2.91. The van der Waals surface area contributed by atoms with Crippen LogP contribution >= 0.6 is 0 Å². The maximum absolute atomic E-state index is 5.60. The van der Waals surface area contributed by atoms with Crippen LogP contribution in [0, 0.1) is 6.92 Å². The molecular formula is C11H16N2O2. The Morgan fingerprint density at radius 1 is 1.67 bits per heavy atom. The van der Waals surface area contributed by atoms with Crippen molar-refractivity contribution in [2.24, 2.45) is 0 Å². The molecule has 15 heavy (non-hydrogen) atoms. The summed E-state index contributed by atoms with van der Waals surface area (Å²) in [5.74, 6) is 0.701. The minimum absolute atomic E-state index is 0.139.